The Morgan fingerprint density at radius 2 is 0.695 bits per heavy atom. The summed E-state index contributed by atoms with van der Waals surface area (Å²) in [7, 11) is 0. The van der Waals surface area contributed by atoms with Crippen molar-refractivity contribution >= 4 is 60.8 Å². The van der Waals surface area contributed by atoms with Crippen LogP contribution in [0.4, 0.5) is 0 Å². The molecule has 0 saturated heterocycles. The van der Waals surface area contributed by atoms with Crippen LogP contribution in [0.15, 0.2) is 60.7 Å². The van der Waals surface area contributed by atoms with Crippen LogP contribution in [0.2, 0.25) is 0 Å². The van der Waals surface area contributed by atoms with Crippen LogP contribution in [0, 0.1) is 0 Å². The number of rotatable bonds is 38. The van der Waals surface area contributed by atoms with Crippen LogP contribution in [0.25, 0.3) is 0 Å². The van der Waals surface area contributed by atoms with Gasteiger partial charge in [-0.25, -0.2) is 0 Å². The van der Waals surface area contributed by atoms with Crippen molar-refractivity contribution in [3.05, 3.63) is 71.8 Å². The average molecular weight is 949 g/mol. The largest absolute Gasteiger partial charge is 2.00 e. The summed E-state index contributed by atoms with van der Waals surface area (Å²) in [6, 6.07) is 19.2. The van der Waals surface area contributed by atoms with Gasteiger partial charge in [0.2, 0.25) is 0 Å². The van der Waals surface area contributed by atoms with Gasteiger partial charge in [0.05, 0.1) is 49.6 Å². The summed E-state index contributed by atoms with van der Waals surface area (Å²) < 4.78 is 11.1. The Balaban J connectivity index is 0.00000112. The maximum atomic E-state index is 11.3. The van der Waals surface area contributed by atoms with Crippen LogP contribution in [-0.4, -0.2) is 95.4 Å². The number of carboxylic acid groups (broad SMARTS) is 2. The van der Waals surface area contributed by atoms with Gasteiger partial charge >= 0.3 is 48.9 Å². The van der Waals surface area contributed by atoms with Crippen molar-refractivity contribution in [1.82, 2.24) is 0 Å². The molecule has 0 aliphatic heterocycles. The van der Waals surface area contributed by atoms with Gasteiger partial charge in [-0.05, 0) is 49.7 Å². The van der Waals surface area contributed by atoms with E-state index >= 15 is 0 Å². The normalized spacial score (nSPS) is 13.1. The van der Waals surface area contributed by atoms with Gasteiger partial charge in [0.15, 0.2) is 0 Å². The van der Waals surface area contributed by atoms with Crippen molar-refractivity contribution in [3.63, 3.8) is 0 Å². The maximum Gasteiger partial charge on any atom is 2.00 e. The topological polar surface area (TPSA) is 139 Å². The summed E-state index contributed by atoms with van der Waals surface area (Å²) in [6.07, 6.45) is 28.0. The Bertz CT molecular complexity index is 1110. The molecule has 0 aliphatic rings. The first-order valence-electron chi connectivity index (χ1n) is 23.4. The van der Waals surface area contributed by atoms with E-state index in [1.54, 1.807) is 0 Å². The predicted octanol–water partition coefficient (Wildman–Crippen LogP) is 9.95. The molecule has 0 heterocycles. The van der Waals surface area contributed by atoms with E-state index in [1.165, 1.54) is 77.0 Å². The van der Waals surface area contributed by atoms with Gasteiger partial charge in [-0.3, -0.25) is 0 Å². The molecule has 2 rings (SSSR count). The minimum absolute atomic E-state index is 0. The number of carbonyl (C=O) groups is 2. The molecule has 9 heteroatoms. The molecule has 0 aromatic heterocycles. The number of benzene rings is 2. The number of aliphatic hydroxyl groups excluding tert-OH is 2. The minimum Gasteiger partial charge on any atom is -0.547 e. The number of unbranched alkanes of at least 4 members (excludes halogenated alkanes) is 18. The van der Waals surface area contributed by atoms with Crippen molar-refractivity contribution in [3.8, 4) is 0 Å². The molecule has 0 amide bonds. The summed E-state index contributed by atoms with van der Waals surface area (Å²) >= 11 is 0. The van der Waals surface area contributed by atoms with Crippen molar-refractivity contribution in [2.75, 3.05) is 0 Å². The summed E-state index contributed by atoms with van der Waals surface area (Å²) in [4.78, 5) is 22.5. The van der Waals surface area contributed by atoms with Gasteiger partial charge in [0.1, 0.15) is 0 Å². The Hall–Kier alpha value is -1.21. The molecule has 2 N–H and O–H groups in total. The third-order valence-electron chi connectivity index (χ3n) is 10.9. The van der Waals surface area contributed by atoms with E-state index in [2.05, 4.69) is 13.8 Å². The number of hydrogen-bond acceptors (Lipinski definition) is 8. The molecule has 8 nitrogen and oxygen atoms in total. The number of ether oxygens (including phenoxy) is 2. The van der Waals surface area contributed by atoms with E-state index in [4.69, 9.17) is 9.47 Å². The first-order valence-corrected chi connectivity index (χ1v) is 23.4. The van der Waals surface area contributed by atoms with Gasteiger partial charge in [-0.15, -0.1) is 0 Å². The third-order valence-corrected chi connectivity index (χ3v) is 10.9. The van der Waals surface area contributed by atoms with Gasteiger partial charge in [0.25, 0.3) is 0 Å². The van der Waals surface area contributed by atoms with Crippen LogP contribution in [0.5, 0.6) is 0 Å². The van der Waals surface area contributed by atoms with E-state index < -0.39 is 24.1 Å². The van der Waals surface area contributed by atoms with Crippen LogP contribution in [-0.2, 0) is 32.3 Å². The molecule has 0 aliphatic carbocycles. The third kappa shape index (κ3) is 36.0. The molecule has 4 atom stereocenters. The Kier molecular flexibility index (Phi) is 41.2. The molecule has 4 unspecified atom stereocenters. The van der Waals surface area contributed by atoms with Crippen LogP contribution >= 0.6 is 0 Å². The average Bonchev–Trinajstić information content (AvgIpc) is 3.22. The van der Waals surface area contributed by atoms with Gasteiger partial charge in [0, 0.05) is 0 Å². The summed E-state index contributed by atoms with van der Waals surface area (Å²) in [5.41, 5.74) is 1.95. The SMILES string of the molecule is CCCCCCC(O)CCCCCCCCCC(OCc1ccccc1)C(=O)[O-].CCCCCCC(O)CCCCCCCCCC(OCc1ccccc1)C(=O)[O-].[Ba+2]. The van der Waals surface area contributed by atoms with Crippen molar-refractivity contribution < 1.29 is 39.5 Å². The fraction of sp³-hybridized carbons (Fsp3) is 0.720. The molecule has 0 spiro atoms. The van der Waals surface area contributed by atoms with Gasteiger partial charge in [-0.2, -0.15) is 0 Å². The minimum atomic E-state index is -1.12. The monoisotopic (exact) mass is 949 g/mol. The molecular formula is C50H82BaO8. The van der Waals surface area contributed by atoms with E-state index in [-0.39, 0.29) is 61.1 Å². The Labute approximate surface area is 400 Å². The number of aliphatic carboxylic acids is 2. The molecular weight excluding hydrogens is 866 g/mol. The predicted molar refractivity (Wildman–Crippen MR) is 238 cm³/mol. The zero-order valence-corrected chi connectivity index (χ0v) is 41.8. The fourth-order valence-electron chi connectivity index (χ4n) is 7.17. The summed E-state index contributed by atoms with van der Waals surface area (Å²) in [6.45, 7) is 5.03. The Morgan fingerprint density at radius 1 is 0.441 bits per heavy atom. The summed E-state index contributed by atoms with van der Waals surface area (Å²) in [5, 5.41) is 42.5. The number of carboxylic acids is 2. The molecule has 2 aromatic rings. The van der Waals surface area contributed by atoms with Crippen LogP contribution in [0.3, 0.4) is 0 Å². The molecule has 0 radical (unpaired) electrons. The molecule has 0 saturated carbocycles. The fourth-order valence-corrected chi connectivity index (χ4v) is 7.17. The van der Waals surface area contributed by atoms with Crippen molar-refractivity contribution in [1.29, 1.82) is 0 Å². The van der Waals surface area contributed by atoms with E-state index in [0.29, 0.717) is 26.1 Å². The van der Waals surface area contributed by atoms with Crippen molar-refractivity contribution in [2.45, 2.75) is 231 Å². The molecule has 0 fully saturated rings. The standard InChI is InChI=1S/2C25H42O4.Ba/c2*1-2-3-4-13-18-23(26)19-14-8-6-5-7-9-15-20-24(25(27)28)29-21-22-16-11-10-12-17-22;/h2*10-12,16-17,23-24,26H,2-9,13-15,18-21H2,1H3,(H,27,28);/q;;+2/p-2. The number of carbonyl (C=O) groups excluding carboxylic acids is 2. The van der Waals surface area contributed by atoms with E-state index in [1.807, 2.05) is 60.7 Å². The quantitative estimate of drug-likeness (QED) is 0.0501. The Morgan fingerprint density at radius 3 is 0.966 bits per heavy atom. The van der Waals surface area contributed by atoms with Crippen molar-refractivity contribution in [2.24, 2.45) is 0 Å². The zero-order chi connectivity index (χ0) is 42.3. The van der Waals surface area contributed by atoms with Gasteiger partial charge in [-0.1, -0.05) is 216 Å². The molecule has 2 aromatic carbocycles. The molecule has 332 valence electrons. The second kappa shape index (κ2) is 42.1. The number of aliphatic hydroxyl groups is 2. The second-order valence-electron chi connectivity index (χ2n) is 16.3. The second-order valence-corrected chi connectivity index (χ2v) is 16.3. The summed E-state index contributed by atoms with van der Waals surface area (Å²) in [5.74, 6) is -2.23. The van der Waals surface area contributed by atoms with E-state index in [9.17, 15) is 30.0 Å². The van der Waals surface area contributed by atoms with Gasteiger partial charge < -0.3 is 39.5 Å². The smallest absolute Gasteiger partial charge is 0.547 e. The zero-order valence-electron chi connectivity index (χ0n) is 37.3. The maximum absolute atomic E-state index is 11.3. The van der Waals surface area contributed by atoms with Crippen LogP contribution < -0.4 is 10.2 Å². The molecule has 0 bridgehead atoms. The van der Waals surface area contributed by atoms with Crippen LogP contribution in [0.1, 0.15) is 205 Å². The first kappa shape index (κ1) is 57.8. The first-order chi connectivity index (χ1) is 28.3. The molecule has 59 heavy (non-hydrogen) atoms. The van der Waals surface area contributed by atoms with E-state index in [0.717, 1.165) is 101 Å². The number of hydrogen-bond donors (Lipinski definition) is 2.